The van der Waals surface area contributed by atoms with Crippen LogP contribution in [0.25, 0.3) is 0 Å². The minimum Gasteiger partial charge on any atom is -0.481 e. The summed E-state index contributed by atoms with van der Waals surface area (Å²) < 4.78 is 22.7. The second kappa shape index (κ2) is 8.07. The SMILES string of the molecule is CCCC(CNC(=O)CS(=O)(=O)CCC)C(=O)O. The number of hydrogen-bond acceptors (Lipinski definition) is 4. The van der Waals surface area contributed by atoms with Gasteiger partial charge >= 0.3 is 5.97 Å². The predicted molar refractivity (Wildman–Crippen MR) is 68.0 cm³/mol. The van der Waals surface area contributed by atoms with Gasteiger partial charge in [0.25, 0.3) is 0 Å². The van der Waals surface area contributed by atoms with Crippen LogP contribution in [0.15, 0.2) is 0 Å². The van der Waals surface area contributed by atoms with Gasteiger partial charge in [0, 0.05) is 6.54 Å². The van der Waals surface area contributed by atoms with Crippen LogP contribution in [0.3, 0.4) is 0 Å². The molecule has 1 unspecified atom stereocenters. The number of rotatable bonds is 9. The summed E-state index contributed by atoms with van der Waals surface area (Å²) in [5, 5.41) is 11.2. The summed E-state index contributed by atoms with van der Waals surface area (Å²) in [5.74, 6) is -2.87. The number of sulfone groups is 1. The highest BCUT2D eigenvalue weighted by Gasteiger charge is 2.19. The topological polar surface area (TPSA) is 101 Å². The molecule has 0 radical (unpaired) electrons. The predicted octanol–water partition coefficient (Wildman–Crippen LogP) is 0.428. The molecule has 0 heterocycles. The molecule has 1 atom stereocenters. The quantitative estimate of drug-likeness (QED) is 0.637. The van der Waals surface area contributed by atoms with Crippen molar-refractivity contribution in [2.45, 2.75) is 33.1 Å². The first-order valence-electron chi connectivity index (χ1n) is 6.02. The molecule has 0 rings (SSSR count). The number of hydrogen-bond donors (Lipinski definition) is 2. The minimum atomic E-state index is -3.37. The molecule has 0 aliphatic carbocycles. The number of carboxylic acid groups (broad SMARTS) is 1. The standard InChI is InChI=1S/C11H21NO5S/c1-3-5-9(11(14)15)7-12-10(13)8-18(16,17)6-4-2/h9H,3-8H2,1-2H3,(H,12,13)(H,14,15). The molecule has 0 spiro atoms. The zero-order valence-electron chi connectivity index (χ0n) is 10.8. The Balaban J connectivity index is 4.21. The van der Waals surface area contributed by atoms with Crippen LogP contribution in [-0.4, -0.2) is 43.5 Å². The normalized spacial score (nSPS) is 13.0. The highest BCUT2D eigenvalue weighted by atomic mass is 32.2. The fourth-order valence-corrected chi connectivity index (χ4v) is 2.80. The molecule has 0 saturated carbocycles. The monoisotopic (exact) mass is 279 g/mol. The summed E-state index contributed by atoms with van der Waals surface area (Å²) in [6.45, 7) is 3.55. The maximum atomic E-state index is 11.4. The van der Waals surface area contributed by atoms with Gasteiger partial charge < -0.3 is 10.4 Å². The Kier molecular flexibility index (Phi) is 7.58. The Morgan fingerprint density at radius 3 is 2.28 bits per heavy atom. The third kappa shape index (κ3) is 7.26. The lowest BCUT2D eigenvalue weighted by molar-refractivity contribution is -0.141. The zero-order chi connectivity index (χ0) is 14.2. The van der Waals surface area contributed by atoms with Gasteiger partial charge in [-0.3, -0.25) is 9.59 Å². The van der Waals surface area contributed by atoms with E-state index in [9.17, 15) is 18.0 Å². The summed E-state index contributed by atoms with van der Waals surface area (Å²) in [6.07, 6.45) is 1.61. The van der Waals surface area contributed by atoms with Crippen LogP contribution in [0.2, 0.25) is 0 Å². The van der Waals surface area contributed by atoms with Crippen molar-refractivity contribution in [3.63, 3.8) is 0 Å². The fraction of sp³-hybridized carbons (Fsp3) is 0.818. The van der Waals surface area contributed by atoms with Crippen LogP contribution in [0.5, 0.6) is 0 Å². The summed E-state index contributed by atoms with van der Waals surface area (Å²) in [6, 6.07) is 0. The van der Waals surface area contributed by atoms with Crippen LogP contribution in [0.4, 0.5) is 0 Å². The van der Waals surface area contributed by atoms with Crippen LogP contribution in [0, 0.1) is 5.92 Å². The van der Waals surface area contributed by atoms with Gasteiger partial charge in [-0.15, -0.1) is 0 Å². The Hall–Kier alpha value is -1.11. The molecule has 0 aliphatic rings. The van der Waals surface area contributed by atoms with Crippen molar-refractivity contribution in [2.24, 2.45) is 5.92 Å². The molecule has 2 N–H and O–H groups in total. The van der Waals surface area contributed by atoms with Crippen molar-refractivity contribution in [3.05, 3.63) is 0 Å². The second-order valence-electron chi connectivity index (χ2n) is 4.22. The number of aliphatic carboxylic acids is 1. The van der Waals surface area contributed by atoms with Gasteiger partial charge in [0.05, 0.1) is 11.7 Å². The molecule has 0 bridgehead atoms. The highest BCUT2D eigenvalue weighted by Crippen LogP contribution is 2.05. The minimum absolute atomic E-state index is 0.0242. The summed E-state index contributed by atoms with van der Waals surface area (Å²) in [7, 11) is -3.37. The van der Waals surface area contributed by atoms with E-state index in [0.29, 0.717) is 19.3 Å². The second-order valence-corrected chi connectivity index (χ2v) is 6.40. The first-order valence-corrected chi connectivity index (χ1v) is 7.84. The van der Waals surface area contributed by atoms with E-state index in [1.807, 2.05) is 6.92 Å². The lowest BCUT2D eigenvalue weighted by atomic mass is 10.0. The van der Waals surface area contributed by atoms with Gasteiger partial charge in [0.2, 0.25) is 5.91 Å². The number of carboxylic acids is 1. The molecule has 106 valence electrons. The Labute approximate surface area is 108 Å². The van der Waals surface area contributed by atoms with Crippen LogP contribution < -0.4 is 5.32 Å². The van der Waals surface area contributed by atoms with E-state index >= 15 is 0 Å². The van der Waals surface area contributed by atoms with E-state index in [0.717, 1.165) is 0 Å². The molecule has 0 fully saturated rings. The summed E-state index contributed by atoms with van der Waals surface area (Å²) >= 11 is 0. The molecule has 0 aliphatic heterocycles. The van der Waals surface area contributed by atoms with Crippen molar-refractivity contribution in [3.8, 4) is 0 Å². The molecular formula is C11H21NO5S. The maximum absolute atomic E-state index is 11.4. The molecular weight excluding hydrogens is 258 g/mol. The van der Waals surface area contributed by atoms with Crippen LogP contribution >= 0.6 is 0 Å². The largest absolute Gasteiger partial charge is 0.481 e. The number of carbonyl (C=O) groups excluding carboxylic acids is 1. The van der Waals surface area contributed by atoms with E-state index in [2.05, 4.69) is 5.32 Å². The summed E-state index contributed by atoms with van der Waals surface area (Å²) in [5.41, 5.74) is 0. The van der Waals surface area contributed by atoms with Gasteiger partial charge in [-0.1, -0.05) is 20.3 Å². The fourth-order valence-electron chi connectivity index (χ4n) is 1.53. The van der Waals surface area contributed by atoms with Gasteiger partial charge in [-0.05, 0) is 12.8 Å². The van der Waals surface area contributed by atoms with Gasteiger partial charge in [-0.25, -0.2) is 8.42 Å². The van der Waals surface area contributed by atoms with E-state index in [1.54, 1.807) is 6.92 Å². The van der Waals surface area contributed by atoms with Crippen molar-refractivity contribution < 1.29 is 23.1 Å². The lowest BCUT2D eigenvalue weighted by Crippen LogP contribution is -2.36. The van der Waals surface area contributed by atoms with E-state index in [-0.39, 0.29) is 12.3 Å². The van der Waals surface area contributed by atoms with E-state index in [1.165, 1.54) is 0 Å². The van der Waals surface area contributed by atoms with Crippen molar-refractivity contribution >= 4 is 21.7 Å². The first-order chi connectivity index (χ1) is 8.32. The van der Waals surface area contributed by atoms with Gasteiger partial charge in [0.1, 0.15) is 5.75 Å². The number of amides is 1. The molecule has 0 aromatic heterocycles. The van der Waals surface area contributed by atoms with Gasteiger partial charge in [0.15, 0.2) is 9.84 Å². The third-order valence-electron chi connectivity index (χ3n) is 2.40. The van der Waals surface area contributed by atoms with Crippen molar-refractivity contribution in [2.75, 3.05) is 18.1 Å². The molecule has 0 aromatic rings. The molecule has 1 amide bonds. The molecule has 7 heteroatoms. The Morgan fingerprint density at radius 2 is 1.83 bits per heavy atom. The molecule has 0 aromatic carbocycles. The van der Waals surface area contributed by atoms with Crippen LogP contribution in [-0.2, 0) is 19.4 Å². The first kappa shape index (κ1) is 16.9. The Morgan fingerprint density at radius 1 is 1.22 bits per heavy atom. The zero-order valence-corrected chi connectivity index (χ0v) is 11.6. The Bertz CT molecular complexity index is 377. The van der Waals surface area contributed by atoms with Crippen LogP contribution in [0.1, 0.15) is 33.1 Å². The maximum Gasteiger partial charge on any atom is 0.308 e. The average molecular weight is 279 g/mol. The highest BCUT2D eigenvalue weighted by molar-refractivity contribution is 7.92. The third-order valence-corrected chi connectivity index (χ3v) is 4.13. The van der Waals surface area contributed by atoms with Crippen molar-refractivity contribution in [1.29, 1.82) is 0 Å². The van der Waals surface area contributed by atoms with E-state index < -0.39 is 33.4 Å². The average Bonchev–Trinajstić information content (AvgIpc) is 2.22. The molecule has 0 saturated heterocycles. The molecule has 6 nitrogen and oxygen atoms in total. The molecule has 18 heavy (non-hydrogen) atoms. The smallest absolute Gasteiger partial charge is 0.308 e. The number of nitrogens with one attached hydrogen (secondary N) is 1. The summed E-state index contributed by atoms with van der Waals surface area (Å²) in [4.78, 5) is 22.2. The number of carbonyl (C=O) groups is 2. The van der Waals surface area contributed by atoms with E-state index in [4.69, 9.17) is 5.11 Å². The lowest BCUT2D eigenvalue weighted by Gasteiger charge is -2.12. The van der Waals surface area contributed by atoms with Gasteiger partial charge in [-0.2, -0.15) is 0 Å². The van der Waals surface area contributed by atoms with Crippen molar-refractivity contribution in [1.82, 2.24) is 5.32 Å².